The minimum Gasteiger partial charge on any atom is -0.465 e. The molecule has 1 aromatic rings. The van der Waals surface area contributed by atoms with Crippen molar-refractivity contribution in [2.45, 2.75) is 37.8 Å². The molecule has 0 bridgehead atoms. The number of carbonyl (C=O) groups excluding carboxylic acids is 2. The Morgan fingerprint density at radius 3 is 2.52 bits per heavy atom. The number of ketones is 1. The Labute approximate surface area is 168 Å². The van der Waals surface area contributed by atoms with Gasteiger partial charge in [0.25, 0.3) is 0 Å². The molecule has 1 spiro atoms. The van der Waals surface area contributed by atoms with Gasteiger partial charge in [0, 0.05) is 13.1 Å². The quantitative estimate of drug-likeness (QED) is 0.452. The molecule has 3 atom stereocenters. The first kappa shape index (κ1) is 19.6. The summed E-state index contributed by atoms with van der Waals surface area (Å²) in [5, 5.41) is 22.1. The van der Waals surface area contributed by atoms with E-state index in [2.05, 4.69) is 5.32 Å². The molecule has 1 unspecified atom stereocenters. The molecule has 2 amide bonds. The van der Waals surface area contributed by atoms with Crippen LogP contribution in [0.2, 0.25) is 0 Å². The number of Topliss-reactive ketones (excluding diaryl/α,β-unsaturated/α-hetero) is 1. The summed E-state index contributed by atoms with van der Waals surface area (Å²) in [5.41, 5.74) is 3.43. The van der Waals surface area contributed by atoms with Gasteiger partial charge in [0.05, 0.1) is 12.0 Å². The number of hydrogen-bond donors (Lipinski definition) is 4. The molecule has 2 aliphatic heterocycles. The van der Waals surface area contributed by atoms with E-state index >= 15 is 0 Å². The molecule has 2 heterocycles. The van der Waals surface area contributed by atoms with Crippen LogP contribution in [0.15, 0.2) is 36.4 Å². The number of hydroxylamine groups is 1. The lowest BCUT2D eigenvalue weighted by molar-refractivity contribution is -0.144. The van der Waals surface area contributed by atoms with Gasteiger partial charge < -0.3 is 10.4 Å². The predicted octanol–water partition coefficient (Wildman–Crippen LogP) is 1.66. The van der Waals surface area contributed by atoms with Crippen LogP contribution in [-0.2, 0) is 9.59 Å². The predicted molar refractivity (Wildman–Crippen MR) is 104 cm³/mol. The van der Waals surface area contributed by atoms with Crippen LogP contribution >= 0.6 is 0 Å². The average Bonchev–Trinajstić information content (AvgIpc) is 3.51. The number of carbonyl (C=O) groups is 3. The first-order valence-electron chi connectivity index (χ1n) is 9.89. The van der Waals surface area contributed by atoms with E-state index in [4.69, 9.17) is 0 Å². The monoisotopic (exact) mass is 399 g/mol. The van der Waals surface area contributed by atoms with Crippen molar-refractivity contribution in [2.75, 3.05) is 13.1 Å². The standard InChI is InChI=1S/C21H25N3O5/c25-18(16-10-14(6-9-22-16)13-4-2-1-3-5-13)17-15(19(26)23-29)11-21(7-8-21)12-24(17)20(27)28/h1-6,15-17,22,29H,7-12H2,(H,23,26)(H,27,28)/t15-,16?,17-/m0/s1. The van der Waals surface area contributed by atoms with Gasteiger partial charge in [-0.05, 0) is 42.2 Å². The van der Waals surface area contributed by atoms with Crippen molar-refractivity contribution in [3.05, 3.63) is 42.0 Å². The number of nitrogens with one attached hydrogen (secondary N) is 2. The van der Waals surface area contributed by atoms with Gasteiger partial charge >= 0.3 is 6.09 Å². The van der Waals surface area contributed by atoms with E-state index in [1.165, 1.54) is 0 Å². The molecule has 29 heavy (non-hydrogen) atoms. The third-order valence-corrected chi connectivity index (χ3v) is 6.44. The molecule has 1 aliphatic carbocycles. The maximum atomic E-state index is 13.5. The highest BCUT2D eigenvalue weighted by molar-refractivity contribution is 5.97. The van der Waals surface area contributed by atoms with E-state index < -0.39 is 30.0 Å². The molecule has 1 aromatic carbocycles. The van der Waals surface area contributed by atoms with Crippen LogP contribution in [0, 0.1) is 11.3 Å². The first-order chi connectivity index (χ1) is 13.9. The van der Waals surface area contributed by atoms with Gasteiger partial charge in [0.1, 0.15) is 6.04 Å². The summed E-state index contributed by atoms with van der Waals surface area (Å²) in [5.74, 6) is -1.92. The van der Waals surface area contributed by atoms with Crippen molar-refractivity contribution in [3.63, 3.8) is 0 Å². The van der Waals surface area contributed by atoms with Crippen LogP contribution in [0.3, 0.4) is 0 Å². The fourth-order valence-electron chi connectivity index (χ4n) is 4.71. The van der Waals surface area contributed by atoms with Crippen LogP contribution in [-0.4, -0.2) is 58.2 Å². The number of amides is 2. The molecule has 3 aliphatic rings. The minimum absolute atomic E-state index is 0.249. The lowest BCUT2D eigenvalue weighted by atomic mass is 9.76. The summed E-state index contributed by atoms with van der Waals surface area (Å²) >= 11 is 0. The number of benzene rings is 1. The molecule has 1 saturated heterocycles. The van der Waals surface area contributed by atoms with Crippen molar-refractivity contribution < 1.29 is 24.7 Å². The molecule has 8 nitrogen and oxygen atoms in total. The molecular weight excluding hydrogens is 374 g/mol. The second kappa shape index (κ2) is 7.61. The Hall–Kier alpha value is -2.71. The number of carboxylic acid groups (broad SMARTS) is 1. The van der Waals surface area contributed by atoms with Gasteiger partial charge in [0.2, 0.25) is 5.91 Å². The van der Waals surface area contributed by atoms with Crippen LogP contribution in [0.25, 0.3) is 5.57 Å². The maximum absolute atomic E-state index is 13.5. The van der Waals surface area contributed by atoms with Crippen LogP contribution in [0.5, 0.6) is 0 Å². The average molecular weight is 399 g/mol. The highest BCUT2D eigenvalue weighted by Crippen LogP contribution is 2.55. The zero-order valence-corrected chi connectivity index (χ0v) is 16.0. The summed E-state index contributed by atoms with van der Waals surface area (Å²) < 4.78 is 0. The zero-order chi connectivity index (χ0) is 20.6. The van der Waals surface area contributed by atoms with E-state index in [9.17, 15) is 24.7 Å². The Morgan fingerprint density at radius 1 is 1.17 bits per heavy atom. The van der Waals surface area contributed by atoms with Crippen molar-refractivity contribution >= 4 is 23.4 Å². The van der Waals surface area contributed by atoms with Gasteiger partial charge in [-0.2, -0.15) is 0 Å². The molecule has 4 N–H and O–H groups in total. The third-order valence-electron chi connectivity index (χ3n) is 6.44. The molecule has 8 heteroatoms. The summed E-state index contributed by atoms with van der Waals surface area (Å²) in [6.45, 7) is 0.739. The van der Waals surface area contributed by atoms with Crippen LogP contribution in [0.1, 0.15) is 31.2 Å². The van der Waals surface area contributed by atoms with E-state index in [1.54, 1.807) is 5.48 Å². The second-order valence-electron chi connectivity index (χ2n) is 8.30. The Morgan fingerprint density at radius 2 is 1.90 bits per heavy atom. The highest BCUT2D eigenvalue weighted by atomic mass is 16.5. The fraction of sp³-hybridized carbons (Fsp3) is 0.476. The van der Waals surface area contributed by atoms with Gasteiger partial charge in [-0.3, -0.25) is 19.7 Å². The Kier molecular flexibility index (Phi) is 5.14. The highest BCUT2D eigenvalue weighted by Gasteiger charge is 2.57. The number of likely N-dealkylation sites (tertiary alicyclic amines) is 1. The molecule has 154 valence electrons. The van der Waals surface area contributed by atoms with Gasteiger partial charge in [-0.25, -0.2) is 10.3 Å². The lowest BCUT2D eigenvalue weighted by Crippen LogP contribution is -2.62. The topological polar surface area (TPSA) is 119 Å². The van der Waals surface area contributed by atoms with E-state index in [0.29, 0.717) is 19.4 Å². The Balaban J connectivity index is 1.60. The number of nitrogens with zero attached hydrogens (tertiary/aromatic N) is 1. The van der Waals surface area contributed by atoms with Crippen molar-refractivity contribution in [1.29, 1.82) is 0 Å². The minimum atomic E-state index is -1.21. The zero-order valence-electron chi connectivity index (χ0n) is 16.0. The van der Waals surface area contributed by atoms with Crippen molar-refractivity contribution in [3.8, 4) is 0 Å². The number of piperidine rings is 1. The molecule has 2 fully saturated rings. The Bertz CT molecular complexity index is 849. The molecule has 4 rings (SSSR count). The van der Waals surface area contributed by atoms with Crippen molar-refractivity contribution in [2.24, 2.45) is 11.3 Å². The summed E-state index contributed by atoms with van der Waals surface area (Å²) in [6.07, 6.45) is 3.30. The number of hydrogen-bond acceptors (Lipinski definition) is 5. The smallest absolute Gasteiger partial charge is 0.407 e. The van der Waals surface area contributed by atoms with Gasteiger partial charge in [-0.15, -0.1) is 0 Å². The van der Waals surface area contributed by atoms with Crippen LogP contribution < -0.4 is 10.8 Å². The lowest BCUT2D eigenvalue weighted by Gasteiger charge is -2.43. The normalized spacial score (nSPS) is 27.8. The van der Waals surface area contributed by atoms with Crippen molar-refractivity contribution in [1.82, 2.24) is 15.7 Å². The van der Waals surface area contributed by atoms with Gasteiger partial charge in [-0.1, -0.05) is 36.4 Å². The maximum Gasteiger partial charge on any atom is 0.407 e. The molecule has 0 radical (unpaired) electrons. The van der Waals surface area contributed by atoms with Gasteiger partial charge in [0.15, 0.2) is 5.78 Å². The van der Waals surface area contributed by atoms with Crippen LogP contribution in [0.4, 0.5) is 4.79 Å². The largest absolute Gasteiger partial charge is 0.465 e. The summed E-state index contributed by atoms with van der Waals surface area (Å²) in [7, 11) is 0. The summed E-state index contributed by atoms with van der Waals surface area (Å²) in [6, 6.07) is 8.02. The second-order valence-corrected chi connectivity index (χ2v) is 8.30. The third kappa shape index (κ3) is 3.77. The number of rotatable bonds is 4. The van der Waals surface area contributed by atoms with E-state index in [0.717, 1.165) is 28.9 Å². The first-order valence-corrected chi connectivity index (χ1v) is 9.89. The van der Waals surface area contributed by atoms with E-state index in [1.807, 2.05) is 36.4 Å². The molecule has 1 saturated carbocycles. The van der Waals surface area contributed by atoms with E-state index in [-0.39, 0.29) is 17.7 Å². The summed E-state index contributed by atoms with van der Waals surface area (Å²) in [4.78, 5) is 38.9. The molecular formula is C21H25N3O5. The molecule has 0 aromatic heterocycles. The fourth-order valence-corrected chi connectivity index (χ4v) is 4.71. The SMILES string of the molecule is O=C(NO)[C@H]1CC2(CC2)CN(C(=O)O)[C@@H]1C(=O)C1CC(c2ccccc2)=CCN1.